The van der Waals surface area contributed by atoms with Crippen molar-refractivity contribution < 1.29 is 27.4 Å². The molecule has 3 aromatic rings. The normalized spacial score (nSPS) is 11.0. The van der Waals surface area contributed by atoms with E-state index in [2.05, 4.69) is 5.32 Å². The zero-order chi connectivity index (χ0) is 26.8. The minimum atomic E-state index is -3.99. The average Bonchev–Trinajstić information content (AvgIpc) is 2.90. The van der Waals surface area contributed by atoms with Crippen LogP contribution in [0, 0.1) is 6.92 Å². The van der Waals surface area contributed by atoms with Crippen molar-refractivity contribution in [2.75, 3.05) is 38.2 Å². The van der Waals surface area contributed by atoms with E-state index in [-0.39, 0.29) is 17.3 Å². The van der Waals surface area contributed by atoms with E-state index >= 15 is 0 Å². The molecule has 0 heterocycles. The van der Waals surface area contributed by atoms with Crippen molar-refractivity contribution in [2.45, 2.75) is 31.6 Å². The van der Waals surface area contributed by atoms with Crippen LogP contribution in [-0.2, 0) is 21.2 Å². The average molecular weight is 527 g/mol. The van der Waals surface area contributed by atoms with E-state index in [1.165, 1.54) is 12.1 Å². The fourth-order valence-corrected chi connectivity index (χ4v) is 5.19. The first kappa shape index (κ1) is 27.9. The summed E-state index contributed by atoms with van der Waals surface area (Å²) in [7, 11) is -0.818. The third kappa shape index (κ3) is 7.39. The molecule has 0 saturated carbocycles. The predicted molar refractivity (Wildman–Crippen MR) is 144 cm³/mol. The molecule has 0 aliphatic heterocycles. The van der Waals surface area contributed by atoms with Crippen LogP contribution >= 0.6 is 0 Å². The van der Waals surface area contributed by atoms with Gasteiger partial charge in [-0.2, -0.15) is 0 Å². The molecule has 0 radical (unpaired) electrons. The van der Waals surface area contributed by atoms with Crippen LogP contribution in [0.2, 0.25) is 0 Å². The molecule has 3 rings (SSSR count). The van der Waals surface area contributed by atoms with E-state index in [1.807, 2.05) is 44.2 Å². The van der Waals surface area contributed by atoms with Gasteiger partial charge in [0, 0.05) is 6.54 Å². The molecule has 0 spiro atoms. The molecule has 3 aromatic carbocycles. The highest BCUT2D eigenvalue weighted by Crippen LogP contribution is 2.28. The van der Waals surface area contributed by atoms with Gasteiger partial charge in [0.15, 0.2) is 11.5 Å². The summed E-state index contributed by atoms with van der Waals surface area (Å²) >= 11 is 0. The number of hydrogen-bond acceptors (Lipinski definition) is 6. The first-order valence-corrected chi connectivity index (χ1v) is 13.5. The number of amides is 1. The maximum atomic E-state index is 13.5. The van der Waals surface area contributed by atoms with Gasteiger partial charge in [-0.05, 0) is 80.8 Å². The smallest absolute Gasteiger partial charge is 0.264 e. The third-order valence-electron chi connectivity index (χ3n) is 5.74. The van der Waals surface area contributed by atoms with Crippen molar-refractivity contribution >= 4 is 21.6 Å². The Morgan fingerprint density at radius 3 is 2.22 bits per heavy atom. The lowest BCUT2D eigenvalue weighted by atomic mass is 10.1. The van der Waals surface area contributed by atoms with Crippen LogP contribution in [0.25, 0.3) is 0 Å². The number of carbonyl (C=O) groups is 1. The van der Waals surface area contributed by atoms with Gasteiger partial charge >= 0.3 is 0 Å². The number of methoxy groups -OCH3 is 2. The molecule has 0 saturated heterocycles. The molecule has 198 valence electrons. The highest BCUT2D eigenvalue weighted by atomic mass is 32.2. The van der Waals surface area contributed by atoms with Crippen LogP contribution in [0.15, 0.2) is 71.6 Å². The summed E-state index contributed by atoms with van der Waals surface area (Å²) in [4.78, 5) is 12.9. The van der Waals surface area contributed by atoms with E-state index in [4.69, 9.17) is 14.2 Å². The molecule has 0 aliphatic rings. The van der Waals surface area contributed by atoms with Crippen molar-refractivity contribution in [1.29, 1.82) is 0 Å². The Balaban J connectivity index is 1.68. The van der Waals surface area contributed by atoms with Gasteiger partial charge in [-0.15, -0.1) is 0 Å². The van der Waals surface area contributed by atoms with Crippen LogP contribution in [0.5, 0.6) is 17.2 Å². The number of anilines is 1. The van der Waals surface area contributed by atoms with Crippen molar-refractivity contribution in [3.63, 3.8) is 0 Å². The zero-order valence-electron chi connectivity index (χ0n) is 21.7. The molecule has 0 atom stereocenters. The minimum absolute atomic E-state index is 0.0813. The second kappa shape index (κ2) is 13.0. The maximum Gasteiger partial charge on any atom is 0.264 e. The summed E-state index contributed by atoms with van der Waals surface area (Å²) in [6.07, 6.45) is 1.39. The van der Waals surface area contributed by atoms with Gasteiger partial charge in [0.2, 0.25) is 5.91 Å². The van der Waals surface area contributed by atoms with Crippen LogP contribution < -0.4 is 23.8 Å². The molecule has 9 heteroatoms. The molecule has 1 N–H and O–H groups in total. The first-order chi connectivity index (χ1) is 17.8. The van der Waals surface area contributed by atoms with E-state index in [1.54, 1.807) is 38.5 Å². The Bertz CT molecular complexity index is 1280. The minimum Gasteiger partial charge on any atom is -0.494 e. The summed E-state index contributed by atoms with van der Waals surface area (Å²) in [5, 5.41) is 2.84. The molecular weight excluding hydrogens is 492 g/mol. The Kier molecular flexibility index (Phi) is 9.79. The lowest BCUT2D eigenvalue weighted by molar-refractivity contribution is -0.119. The van der Waals surface area contributed by atoms with Gasteiger partial charge in [-0.25, -0.2) is 8.42 Å². The fraction of sp³-hybridized carbons (Fsp3) is 0.321. The Labute approximate surface area is 219 Å². The lowest BCUT2D eigenvalue weighted by Crippen LogP contribution is -2.41. The summed E-state index contributed by atoms with van der Waals surface area (Å²) in [5.41, 5.74) is 2.45. The van der Waals surface area contributed by atoms with E-state index in [0.29, 0.717) is 48.9 Å². The number of nitrogens with one attached hydrogen (secondary N) is 1. The number of carbonyl (C=O) groups excluding carboxylic acids is 1. The first-order valence-electron chi connectivity index (χ1n) is 12.1. The fourth-order valence-electron chi connectivity index (χ4n) is 3.77. The van der Waals surface area contributed by atoms with E-state index < -0.39 is 10.0 Å². The lowest BCUT2D eigenvalue weighted by Gasteiger charge is -2.24. The van der Waals surface area contributed by atoms with Crippen molar-refractivity contribution in [3.05, 3.63) is 77.9 Å². The van der Waals surface area contributed by atoms with Crippen molar-refractivity contribution in [3.8, 4) is 17.2 Å². The number of hydrogen-bond donors (Lipinski definition) is 1. The topological polar surface area (TPSA) is 94.2 Å². The number of rotatable bonds is 13. The molecule has 8 nitrogen and oxygen atoms in total. The maximum absolute atomic E-state index is 13.5. The van der Waals surface area contributed by atoms with Gasteiger partial charge in [-0.3, -0.25) is 9.10 Å². The van der Waals surface area contributed by atoms with Gasteiger partial charge in [0.1, 0.15) is 12.3 Å². The second-order valence-electron chi connectivity index (χ2n) is 8.39. The van der Waals surface area contributed by atoms with Crippen LogP contribution in [0.3, 0.4) is 0 Å². The van der Waals surface area contributed by atoms with Gasteiger partial charge in [-0.1, -0.05) is 23.8 Å². The van der Waals surface area contributed by atoms with Crippen molar-refractivity contribution in [1.82, 2.24) is 5.32 Å². The van der Waals surface area contributed by atoms with Crippen molar-refractivity contribution in [2.24, 2.45) is 0 Å². The molecule has 37 heavy (non-hydrogen) atoms. The zero-order valence-corrected chi connectivity index (χ0v) is 22.5. The van der Waals surface area contributed by atoms with Gasteiger partial charge < -0.3 is 19.5 Å². The van der Waals surface area contributed by atoms with Gasteiger partial charge in [0.05, 0.1) is 31.4 Å². The van der Waals surface area contributed by atoms with E-state index in [9.17, 15) is 13.2 Å². The Hall–Kier alpha value is -3.72. The molecule has 0 aromatic heterocycles. The third-order valence-corrected chi connectivity index (χ3v) is 7.53. The molecule has 1 amide bonds. The number of benzene rings is 3. The van der Waals surface area contributed by atoms with Crippen LogP contribution in [0.4, 0.5) is 5.69 Å². The number of ether oxygens (including phenoxy) is 3. The van der Waals surface area contributed by atoms with Gasteiger partial charge in [0.25, 0.3) is 10.0 Å². The van der Waals surface area contributed by atoms with E-state index in [0.717, 1.165) is 15.4 Å². The monoisotopic (exact) mass is 526 g/mol. The molecule has 0 fully saturated rings. The standard InChI is InChI=1S/C28H34N2O6S/c1-5-36-24-13-15-25(16-14-24)37(32,33)30(23-11-8-21(2)9-12-23)20-28(31)29-18-6-7-22-10-17-26(34-3)27(19-22)35-4/h8-17,19H,5-7,18,20H2,1-4H3,(H,29,31). The second-order valence-corrected chi connectivity index (χ2v) is 10.3. The molecular formula is C28H34N2O6S. The highest BCUT2D eigenvalue weighted by molar-refractivity contribution is 7.92. The largest absolute Gasteiger partial charge is 0.494 e. The highest BCUT2D eigenvalue weighted by Gasteiger charge is 2.27. The number of nitrogens with zero attached hydrogens (tertiary/aromatic N) is 1. The number of aryl methyl sites for hydroxylation is 2. The van der Waals surface area contributed by atoms with Crippen LogP contribution in [0.1, 0.15) is 24.5 Å². The molecule has 0 aliphatic carbocycles. The summed E-state index contributed by atoms with van der Waals surface area (Å²) < 4.78 is 44.2. The molecule has 0 bridgehead atoms. The quantitative estimate of drug-likeness (QED) is 0.333. The molecule has 0 unspecified atom stereocenters. The predicted octanol–water partition coefficient (Wildman–Crippen LogP) is 4.36. The Morgan fingerprint density at radius 1 is 0.919 bits per heavy atom. The van der Waals surface area contributed by atoms with Crippen LogP contribution in [-0.4, -0.2) is 48.2 Å². The SMILES string of the molecule is CCOc1ccc(S(=O)(=O)N(CC(=O)NCCCc2ccc(OC)c(OC)c2)c2ccc(C)cc2)cc1. The number of sulfonamides is 1. The summed E-state index contributed by atoms with van der Waals surface area (Å²) in [5.74, 6) is 1.50. The summed E-state index contributed by atoms with van der Waals surface area (Å²) in [6, 6.07) is 18.9. The Morgan fingerprint density at radius 2 is 1.59 bits per heavy atom. The summed E-state index contributed by atoms with van der Waals surface area (Å²) in [6.45, 7) is 4.32.